The first-order valence-electron chi connectivity index (χ1n) is 6.16. The average molecular weight is 361 g/mol. The Balaban J connectivity index is 2.54. The van der Waals surface area contributed by atoms with Crippen LogP contribution >= 0.6 is 27.5 Å². The van der Waals surface area contributed by atoms with Crippen molar-refractivity contribution in [3.8, 4) is 0 Å². The zero-order valence-corrected chi connectivity index (χ0v) is 13.1. The van der Waals surface area contributed by atoms with Crippen molar-refractivity contribution in [1.29, 1.82) is 0 Å². The van der Waals surface area contributed by atoms with Gasteiger partial charge in [-0.3, -0.25) is 0 Å². The summed E-state index contributed by atoms with van der Waals surface area (Å²) >= 11 is 9.54. The van der Waals surface area contributed by atoms with Crippen LogP contribution < -0.4 is 5.32 Å². The SMILES string of the molecule is CCNC(c1cc(F)c(F)cc1Cl)c1ccccc1Br. The maximum absolute atomic E-state index is 13.5. The van der Waals surface area contributed by atoms with Crippen molar-refractivity contribution in [2.75, 3.05) is 6.54 Å². The largest absolute Gasteiger partial charge is 0.306 e. The number of nitrogens with one attached hydrogen (secondary N) is 1. The molecular weight excluding hydrogens is 348 g/mol. The van der Waals surface area contributed by atoms with E-state index in [-0.39, 0.29) is 11.1 Å². The number of halogens is 4. The summed E-state index contributed by atoms with van der Waals surface area (Å²) in [5, 5.41) is 3.44. The highest BCUT2D eigenvalue weighted by molar-refractivity contribution is 9.10. The fourth-order valence-corrected chi connectivity index (χ4v) is 2.83. The van der Waals surface area contributed by atoms with Crippen molar-refractivity contribution >= 4 is 27.5 Å². The lowest BCUT2D eigenvalue weighted by Gasteiger charge is -2.21. The van der Waals surface area contributed by atoms with Gasteiger partial charge in [0.05, 0.1) is 6.04 Å². The van der Waals surface area contributed by atoms with Gasteiger partial charge in [-0.05, 0) is 35.9 Å². The van der Waals surface area contributed by atoms with Crippen LogP contribution in [0.1, 0.15) is 24.1 Å². The van der Waals surface area contributed by atoms with Crippen LogP contribution in [0.5, 0.6) is 0 Å². The first-order chi connectivity index (χ1) is 9.54. The molecule has 0 saturated carbocycles. The maximum atomic E-state index is 13.5. The summed E-state index contributed by atoms with van der Waals surface area (Å²) in [6.07, 6.45) is 0. The van der Waals surface area contributed by atoms with E-state index in [1.165, 1.54) is 0 Å². The number of hydrogen-bond acceptors (Lipinski definition) is 1. The third-order valence-electron chi connectivity index (χ3n) is 2.98. The molecule has 1 nitrogen and oxygen atoms in total. The molecule has 0 bridgehead atoms. The molecule has 0 saturated heterocycles. The second-order valence-corrected chi connectivity index (χ2v) is 5.56. The second kappa shape index (κ2) is 6.66. The van der Waals surface area contributed by atoms with E-state index in [2.05, 4.69) is 21.2 Å². The van der Waals surface area contributed by atoms with Gasteiger partial charge in [-0.1, -0.05) is 52.7 Å². The van der Waals surface area contributed by atoms with Crippen molar-refractivity contribution in [2.24, 2.45) is 0 Å². The third kappa shape index (κ3) is 3.19. The fourth-order valence-electron chi connectivity index (χ4n) is 2.06. The van der Waals surface area contributed by atoms with Crippen molar-refractivity contribution in [3.05, 3.63) is 68.7 Å². The molecule has 106 valence electrons. The molecule has 0 aliphatic rings. The Morgan fingerprint density at radius 1 is 1.15 bits per heavy atom. The molecule has 0 aromatic heterocycles. The van der Waals surface area contributed by atoms with Gasteiger partial charge >= 0.3 is 0 Å². The first-order valence-corrected chi connectivity index (χ1v) is 7.34. The van der Waals surface area contributed by atoms with E-state index in [1.54, 1.807) is 0 Å². The highest BCUT2D eigenvalue weighted by Crippen LogP contribution is 2.33. The molecule has 20 heavy (non-hydrogen) atoms. The van der Waals surface area contributed by atoms with Crippen LogP contribution in [0.15, 0.2) is 40.9 Å². The third-order valence-corrected chi connectivity index (χ3v) is 4.02. The number of rotatable bonds is 4. The summed E-state index contributed by atoms with van der Waals surface area (Å²) in [5.41, 5.74) is 1.43. The summed E-state index contributed by atoms with van der Waals surface area (Å²) in [6, 6.07) is 9.43. The van der Waals surface area contributed by atoms with Crippen LogP contribution in [0, 0.1) is 11.6 Å². The van der Waals surface area contributed by atoms with Crippen molar-refractivity contribution in [1.82, 2.24) is 5.32 Å². The first kappa shape index (κ1) is 15.4. The van der Waals surface area contributed by atoms with E-state index < -0.39 is 11.6 Å². The number of hydrogen-bond donors (Lipinski definition) is 1. The van der Waals surface area contributed by atoms with Crippen LogP contribution in [0.25, 0.3) is 0 Å². The molecule has 1 atom stereocenters. The van der Waals surface area contributed by atoms with E-state index >= 15 is 0 Å². The van der Waals surface area contributed by atoms with Crippen molar-refractivity contribution in [3.63, 3.8) is 0 Å². The molecule has 0 spiro atoms. The molecule has 2 aromatic rings. The minimum atomic E-state index is -0.943. The summed E-state index contributed by atoms with van der Waals surface area (Å²) in [6.45, 7) is 2.61. The zero-order valence-electron chi connectivity index (χ0n) is 10.8. The molecule has 5 heteroatoms. The van der Waals surface area contributed by atoms with E-state index in [0.717, 1.165) is 22.2 Å². The standard InChI is InChI=1S/C15H13BrClF2N/c1-2-20-15(9-5-3-4-6-11(9)16)10-7-13(18)14(19)8-12(10)17/h3-8,15,20H,2H2,1H3. The molecule has 1 unspecified atom stereocenters. The van der Waals surface area contributed by atoms with E-state index in [4.69, 9.17) is 11.6 Å². The summed E-state index contributed by atoms with van der Waals surface area (Å²) < 4.78 is 27.6. The van der Waals surface area contributed by atoms with E-state index in [0.29, 0.717) is 12.1 Å². The predicted molar refractivity (Wildman–Crippen MR) is 81.0 cm³/mol. The topological polar surface area (TPSA) is 12.0 Å². The highest BCUT2D eigenvalue weighted by atomic mass is 79.9. The van der Waals surface area contributed by atoms with Gasteiger partial charge in [-0.15, -0.1) is 0 Å². The highest BCUT2D eigenvalue weighted by Gasteiger charge is 2.20. The minimum absolute atomic E-state index is 0.200. The summed E-state index contributed by atoms with van der Waals surface area (Å²) in [7, 11) is 0. The lowest BCUT2D eigenvalue weighted by Crippen LogP contribution is -2.23. The monoisotopic (exact) mass is 359 g/mol. The van der Waals surface area contributed by atoms with Crippen molar-refractivity contribution < 1.29 is 8.78 Å². The van der Waals surface area contributed by atoms with Gasteiger partial charge in [0.15, 0.2) is 11.6 Å². The molecule has 0 fully saturated rings. The summed E-state index contributed by atoms with van der Waals surface area (Å²) in [4.78, 5) is 0. The van der Waals surface area contributed by atoms with Gasteiger partial charge < -0.3 is 5.32 Å². The van der Waals surface area contributed by atoms with Crippen LogP contribution in [0.4, 0.5) is 8.78 Å². The van der Waals surface area contributed by atoms with Gasteiger partial charge in [-0.2, -0.15) is 0 Å². The molecule has 0 amide bonds. The Hall–Kier alpha value is -0.970. The molecule has 1 N–H and O–H groups in total. The molecule has 2 aromatic carbocycles. The van der Waals surface area contributed by atoms with Gasteiger partial charge in [-0.25, -0.2) is 8.78 Å². The maximum Gasteiger partial charge on any atom is 0.160 e. The van der Waals surface area contributed by atoms with Gasteiger partial charge in [0, 0.05) is 9.50 Å². The molecule has 0 aliphatic heterocycles. The predicted octanol–water partition coefficient (Wildman–Crippen LogP) is 5.08. The summed E-state index contributed by atoms with van der Waals surface area (Å²) in [5.74, 6) is -1.85. The quantitative estimate of drug-likeness (QED) is 0.750. The Labute approximate surface area is 130 Å². The lowest BCUT2D eigenvalue weighted by molar-refractivity contribution is 0.504. The smallest absolute Gasteiger partial charge is 0.160 e. The van der Waals surface area contributed by atoms with Gasteiger partial charge in [0.1, 0.15) is 0 Å². The van der Waals surface area contributed by atoms with Gasteiger partial charge in [0.2, 0.25) is 0 Å². The Kier molecular flexibility index (Phi) is 5.13. The molecule has 0 heterocycles. The van der Waals surface area contributed by atoms with Crippen LogP contribution in [0.3, 0.4) is 0 Å². The lowest BCUT2D eigenvalue weighted by atomic mass is 9.98. The van der Waals surface area contributed by atoms with Crippen LogP contribution in [-0.4, -0.2) is 6.54 Å². The molecule has 2 rings (SSSR count). The Bertz CT molecular complexity index is 619. The Morgan fingerprint density at radius 2 is 1.80 bits per heavy atom. The van der Waals surface area contributed by atoms with E-state index in [1.807, 2.05) is 31.2 Å². The van der Waals surface area contributed by atoms with Crippen molar-refractivity contribution in [2.45, 2.75) is 13.0 Å². The normalized spacial score (nSPS) is 12.4. The molecular formula is C15H13BrClF2N. The second-order valence-electron chi connectivity index (χ2n) is 4.30. The van der Waals surface area contributed by atoms with Gasteiger partial charge in [0.25, 0.3) is 0 Å². The molecule has 0 aliphatic carbocycles. The number of benzene rings is 2. The van der Waals surface area contributed by atoms with Crippen LogP contribution in [0.2, 0.25) is 5.02 Å². The van der Waals surface area contributed by atoms with E-state index in [9.17, 15) is 8.78 Å². The minimum Gasteiger partial charge on any atom is -0.306 e. The molecule has 0 radical (unpaired) electrons. The average Bonchev–Trinajstić information content (AvgIpc) is 2.42. The Morgan fingerprint density at radius 3 is 2.45 bits per heavy atom. The van der Waals surface area contributed by atoms with Crippen LogP contribution in [-0.2, 0) is 0 Å². The fraction of sp³-hybridized carbons (Fsp3) is 0.200. The zero-order chi connectivity index (χ0) is 14.7.